The van der Waals surface area contributed by atoms with Gasteiger partial charge >= 0.3 is 0 Å². The van der Waals surface area contributed by atoms with Crippen molar-refractivity contribution < 1.29 is 13.2 Å². The van der Waals surface area contributed by atoms with Gasteiger partial charge in [0.1, 0.15) is 0 Å². The van der Waals surface area contributed by atoms with E-state index in [4.69, 9.17) is 4.98 Å². The molecular weight excluding hydrogens is 466 g/mol. The van der Waals surface area contributed by atoms with Crippen LogP contribution in [0.1, 0.15) is 35.3 Å². The number of thiazole rings is 1. The molecule has 0 fully saturated rings. The predicted molar refractivity (Wildman–Crippen MR) is 135 cm³/mol. The van der Waals surface area contributed by atoms with Crippen molar-refractivity contribution in [1.82, 2.24) is 9.88 Å². The molecule has 1 amide bonds. The second-order valence-electron chi connectivity index (χ2n) is 7.68. The van der Waals surface area contributed by atoms with Gasteiger partial charge in [-0.2, -0.15) is 0 Å². The second kappa shape index (κ2) is 10.7. The van der Waals surface area contributed by atoms with Gasteiger partial charge < -0.3 is 4.90 Å². The number of benzene rings is 2. The zero-order valence-corrected chi connectivity index (χ0v) is 21.5. The van der Waals surface area contributed by atoms with Crippen LogP contribution in [-0.4, -0.2) is 56.6 Å². The number of aryl methyl sites for hydroxylation is 2. The van der Waals surface area contributed by atoms with Crippen LogP contribution in [0.25, 0.3) is 10.2 Å². The molecule has 1 aromatic heterocycles. The van der Waals surface area contributed by atoms with E-state index in [1.54, 1.807) is 23.1 Å². The highest BCUT2D eigenvalue weighted by atomic mass is 35.5. The van der Waals surface area contributed by atoms with Gasteiger partial charge in [-0.25, -0.2) is 13.4 Å². The number of amides is 1. The van der Waals surface area contributed by atoms with E-state index in [2.05, 4.69) is 30.9 Å². The highest BCUT2D eigenvalue weighted by Crippen LogP contribution is 2.33. The van der Waals surface area contributed by atoms with Crippen molar-refractivity contribution in [2.45, 2.75) is 32.6 Å². The maximum atomic E-state index is 13.6. The first-order valence-corrected chi connectivity index (χ1v) is 13.1. The summed E-state index contributed by atoms with van der Waals surface area (Å²) in [6.45, 7) is 11.1. The Balaban J connectivity index is 0.00000363. The lowest BCUT2D eigenvalue weighted by Gasteiger charge is -2.25. The third kappa shape index (κ3) is 5.67. The standard InChI is InChI=1S/C23H29N3O3S2.ClH/c1-6-25(7-2)12-13-26(22(27)18-10-8-9-11-20(18)31(5,28)29)23-24-21-17(4)14-16(3)15-19(21)30-23;/h8-11,14-15H,6-7,12-13H2,1-5H3;1H. The van der Waals surface area contributed by atoms with Crippen LogP contribution >= 0.6 is 23.7 Å². The quantitative estimate of drug-likeness (QED) is 0.452. The minimum Gasteiger partial charge on any atom is -0.302 e. The lowest BCUT2D eigenvalue weighted by atomic mass is 10.1. The molecule has 6 nitrogen and oxygen atoms in total. The number of carbonyl (C=O) groups excluding carboxylic acids is 1. The van der Waals surface area contributed by atoms with Crippen molar-refractivity contribution in [3.05, 3.63) is 53.1 Å². The maximum Gasteiger partial charge on any atom is 0.261 e. The van der Waals surface area contributed by atoms with Crippen molar-refractivity contribution in [1.29, 1.82) is 0 Å². The summed E-state index contributed by atoms with van der Waals surface area (Å²) in [6.07, 6.45) is 1.13. The molecule has 3 rings (SSSR count). The Hall–Kier alpha value is -2.00. The molecule has 0 radical (unpaired) electrons. The number of rotatable bonds is 8. The van der Waals surface area contributed by atoms with Gasteiger partial charge in [0, 0.05) is 19.3 Å². The number of sulfone groups is 1. The Kier molecular flexibility index (Phi) is 8.82. The van der Waals surface area contributed by atoms with E-state index in [-0.39, 0.29) is 28.8 Å². The van der Waals surface area contributed by atoms with Crippen LogP contribution in [-0.2, 0) is 9.84 Å². The van der Waals surface area contributed by atoms with Gasteiger partial charge in [0.15, 0.2) is 15.0 Å². The molecule has 0 aliphatic carbocycles. The van der Waals surface area contributed by atoms with Gasteiger partial charge in [-0.05, 0) is 56.3 Å². The maximum absolute atomic E-state index is 13.6. The molecule has 0 unspecified atom stereocenters. The van der Waals surface area contributed by atoms with Crippen molar-refractivity contribution in [3.8, 4) is 0 Å². The van der Waals surface area contributed by atoms with E-state index in [1.807, 2.05) is 13.8 Å². The van der Waals surface area contributed by atoms with Gasteiger partial charge in [0.2, 0.25) is 0 Å². The number of halogens is 1. The van der Waals surface area contributed by atoms with E-state index in [1.165, 1.54) is 17.4 Å². The van der Waals surface area contributed by atoms with Crippen LogP contribution in [0.3, 0.4) is 0 Å². The van der Waals surface area contributed by atoms with Gasteiger partial charge in [-0.3, -0.25) is 9.69 Å². The van der Waals surface area contributed by atoms with E-state index in [0.717, 1.165) is 40.7 Å². The largest absolute Gasteiger partial charge is 0.302 e. The number of carbonyl (C=O) groups is 1. The summed E-state index contributed by atoms with van der Waals surface area (Å²) in [5.74, 6) is -0.346. The normalized spacial score (nSPS) is 11.6. The smallest absolute Gasteiger partial charge is 0.261 e. The molecule has 0 N–H and O–H groups in total. The summed E-state index contributed by atoms with van der Waals surface area (Å²) in [5, 5.41) is 0.587. The third-order valence-electron chi connectivity index (χ3n) is 5.35. The molecule has 0 atom stereocenters. The Morgan fingerprint density at radius 2 is 1.72 bits per heavy atom. The van der Waals surface area contributed by atoms with E-state index in [0.29, 0.717) is 18.2 Å². The number of anilines is 1. The Bertz CT molecular complexity index is 1200. The number of likely N-dealkylation sites (N-methyl/N-ethyl adjacent to an activating group) is 1. The summed E-state index contributed by atoms with van der Waals surface area (Å²) in [7, 11) is -3.55. The van der Waals surface area contributed by atoms with E-state index in [9.17, 15) is 13.2 Å². The van der Waals surface area contributed by atoms with E-state index >= 15 is 0 Å². The molecular formula is C23H30ClN3O3S2. The molecule has 0 aliphatic rings. The Labute approximate surface area is 200 Å². The zero-order valence-electron chi connectivity index (χ0n) is 19.1. The van der Waals surface area contributed by atoms with Crippen LogP contribution in [0.2, 0.25) is 0 Å². The summed E-state index contributed by atoms with van der Waals surface area (Å²) < 4.78 is 25.6. The van der Waals surface area contributed by atoms with Crippen molar-refractivity contribution >= 4 is 54.8 Å². The molecule has 0 saturated carbocycles. The third-order valence-corrected chi connectivity index (χ3v) is 7.53. The monoisotopic (exact) mass is 495 g/mol. The fourth-order valence-electron chi connectivity index (χ4n) is 3.65. The molecule has 0 spiro atoms. The Morgan fingerprint density at radius 1 is 1.06 bits per heavy atom. The summed E-state index contributed by atoms with van der Waals surface area (Å²) >= 11 is 1.46. The topological polar surface area (TPSA) is 70.6 Å². The molecule has 0 saturated heterocycles. The second-order valence-corrected chi connectivity index (χ2v) is 10.7. The fraction of sp³-hybridized carbons (Fsp3) is 0.391. The molecule has 0 bridgehead atoms. The molecule has 174 valence electrons. The van der Waals surface area contributed by atoms with Gasteiger partial charge in [-0.15, -0.1) is 12.4 Å². The van der Waals surface area contributed by atoms with Crippen molar-refractivity contribution in [2.24, 2.45) is 0 Å². The predicted octanol–water partition coefficient (Wildman–Crippen LogP) is 4.73. The van der Waals surface area contributed by atoms with Crippen LogP contribution in [0, 0.1) is 13.8 Å². The van der Waals surface area contributed by atoms with Crippen LogP contribution in [0.15, 0.2) is 41.3 Å². The molecule has 32 heavy (non-hydrogen) atoms. The first-order valence-electron chi connectivity index (χ1n) is 10.4. The summed E-state index contributed by atoms with van der Waals surface area (Å²) in [4.78, 5) is 22.3. The zero-order chi connectivity index (χ0) is 22.8. The van der Waals surface area contributed by atoms with E-state index < -0.39 is 9.84 Å². The van der Waals surface area contributed by atoms with Crippen molar-refractivity contribution in [3.63, 3.8) is 0 Å². The van der Waals surface area contributed by atoms with Crippen molar-refractivity contribution in [2.75, 3.05) is 37.3 Å². The first kappa shape index (κ1) is 26.3. The van der Waals surface area contributed by atoms with Crippen LogP contribution in [0.5, 0.6) is 0 Å². The lowest BCUT2D eigenvalue weighted by molar-refractivity contribution is 0.0980. The number of aromatic nitrogens is 1. The molecule has 1 heterocycles. The van der Waals surface area contributed by atoms with Crippen LogP contribution in [0.4, 0.5) is 5.13 Å². The van der Waals surface area contributed by atoms with Gasteiger partial charge in [-0.1, -0.05) is 43.4 Å². The summed E-state index contributed by atoms with van der Waals surface area (Å²) in [5.41, 5.74) is 3.26. The highest BCUT2D eigenvalue weighted by molar-refractivity contribution is 7.90. The number of fused-ring (bicyclic) bond motifs is 1. The molecule has 2 aromatic carbocycles. The summed E-state index contributed by atoms with van der Waals surface area (Å²) in [6, 6.07) is 10.5. The molecule has 0 aliphatic heterocycles. The molecule has 3 aromatic rings. The lowest BCUT2D eigenvalue weighted by Crippen LogP contribution is -2.39. The first-order chi connectivity index (χ1) is 14.7. The molecule has 9 heteroatoms. The average Bonchev–Trinajstić information content (AvgIpc) is 3.14. The fourth-order valence-corrected chi connectivity index (χ4v) is 5.70. The average molecular weight is 496 g/mol. The van der Waals surface area contributed by atoms with Crippen LogP contribution < -0.4 is 4.90 Å². The number of hydrogen-bond donors (Lipinski definition) is 0. The minimum atomic E-state index is -3.55. The number of nitrogens with zero attached hydrogens (tertiary/aromatic N) is 3. The highest BCUT2D eigenvalue weighted by Gasteiger charge is 2.26. The number of hydrogen-bond acceptors (Lipinski definition) is 6. The SMILES string of the molecule is CCN(CC)CCN(C(=O)c1ccccc1S(C)(=O)=O)c1nc2c(C)cc(C)cc2s1.Cl. The Morgan fingerprint density at radius 3 is 2.34 bits per heavy atom. The minimum absolute atomic E-state index is 0. The van der Waals surface area contributed by atoms with Gasteiger partial charge in [0.25, 0.3) is 5.91 Å². The van der Waals surface area contributed by atoms with Gasteiger partial charge in [0.05, 0.1) is 20.7 Å².